The molecule has 102 valence electrons. The minimum Gasteiger partial charge on any atom is -0.0841 e. The van der Waals surface area contributed by atoms with Crippen LogP contribution in [0.2, 0.25) is 5.02 Å². The molecule has 0 nitrogen and oxygen atoms in total. The van der Waals surface area contributed by atoms with Crippen LogP contribution in [0.3, 0.4) is 0 Å². The lowest BCUT2D eigenvalue weighted by Gasteiger charge is -2.36. The van der Waals surface area contributed by atoms with Crippen molar-refractivity contribution in [2.75, 3.05) is 0 Å². The van der Waals surface area contributed by atoms with Crippen LogP contribution in [-0.2, 0) is 0 Å². The van der Waals surface area contributed by atoms with E-state index in [1.54, 1.807) is 0 Å². The van der Waals surface area contributed by atoms with Crippen molar-refractivity contribution in [1.82, 2.24) is 0 Å². The van der Waals surface area contributed by atoms with Crippen LogP contribution in [0, 0.1) is 17.8 Å². The Morgan fingerprint density at radius 3 is 2.00 bits per heavy atom. The fraction of sp³-hybridized carbons (Fsp3) is 0.647. The summed E-state index contributed by atoms with van der Waals surface area (Å²) in [6.45, 7) is 16.0. The maximum atomic E-state index is 6.13. The second-order valence-corrected chi connectivity index (χ2v) is 8.10. The summed E-state index contributed by atoms with van der Waals surface area (Å²) in [7, 11) is 0. The van der Waals surface area contributed by atoms with Gasteiger partial charge in [0.05, 0.1) is 0 Å². The standard InChI is InChI=1S/C17H27Cl/c1-12-10-13(8-9-15(12)18)14(17(5,6)7)11-16(2,3)4/h8-10,14H,11H2,1-7H3. The largest absolute Gasteiger partial charge is 0.0841 e. The molecule has 0 fully saturated rings. The zero-order valence-electron chi connectivity index (χ0n) is 12.9. The summed E-state index contributed by atoms with van der Waals surface area (Å²) in [6, 6.07) is 6.48. The summed E-state index contributed by atoms with van der Waals surface area (Å²) in [4.78, 5) is 0. The van der Waals surface area contributed by atoms with Crippen molar-refractivity contribution in [3.8, 4) is 0 Å². The minimum absolute atomic E-state index is 0.271. The normalized spacial score (nSPS) is 14.7. The molecule has 1 unspecified atom stereocenters. The maximum Gasteiger partial charge on any atom is 0.0435 e. The third-order valence-electron chi connectivity index (χ3n) is 3.45. The van der Waals surface area contributed by atoms with Gasteiger partial charge in [-0.2, -0.15) is 0 Å². The van der Waals surface area contributed by atoms with Gasteiger partial charge in [-0.15, -0.1) is 0 Å². The second kappa shape index (κ2) is 5.25. The topological polar surface area (TPSA) is 0 Å². The van der Waals surface area contributed by atoms with Crippen molar-refractivity contribution in [3.05, 3.63) is 34.3 Å². The highest BCUT2D eigenvalue weighted by molar-refractivity contribution is 6.31. The Bertz CT molecular complexity index is 405. The molecule has 0 aliphatic carbocycles. The van der Waals surface area contributed by atoms with Crippen molar-refractivity contribution in [1.29, 1.82) is 0 Å². The zero-order chi connectivity index (χ0) is 14.1. The van der Waals surface area contributed by atoms with Crippen LogP contribution in [0.25, 0.3) is 0 Å². The molecule has 1 atom stereocenters. The molecule has 0 saturated carbocycles. The molecule has 0 aromatic heterocycles. The van der Waals surface area contributed by atoms with Crippen molar-refractivity contribution in [2.45, 2.75) is 60.8 Å². The molecule has 18 heavy (non-hydrogen) atoms. The Hall–Kier alpha value is -0.490. The average molecular weight is 267 g/mol. The first-order chi connectivity index (χ1) is 8.00. The fourth-order valence-electron chi connectivity index (χ4n) is 2.42. The molecule has 0 aliphatic rings. The number of halogens is 1. The molecule has 0 saturated heterocycles. The molecule has 0 aliphatic heterocycles. The van der Waals surface area contributed by atoms with Gasteiger partial charge in [-0.05, 0) is 47.3 Å². The lowest BCUT2D eigenvalue weighted by Crippen LogP contribution is -2.23. The molecule has 0 spiro atoms. The number of hydrogen-bond acceptors (Lipinski definition) is 0. The van der Waals surface area contributed by atoms with E-state index in [9.17, 15) is 0 Å². The molecule has 1 heteroatoms. The van der Waals surface area contributed by atoms with Crippen LogP contribution >= 0.6 is 11.6 Å². The van der Waals surface area contributed by atoms with Crippen molar-refractivity contribution in [3.63, 3.8) is 0 Å². The zero-order valence-corrected chi connectivity index (χ0v) is 13.7. The predicted octanol–water partition coefficient (Wildman–Crippen LogP) is 6.21. The minimum atomic E-state index is 0.271. The molecule has 0 N–H and O–H groups in total. The predicted molar refractivity (Wildman–Crippen MR) is 82.5 cm³/mol. The summed E-state index contributed by atoms with van der Waals surface area (Å²) < 4.78 is 0. The highest BCUT2D eigenvalue weighted by Crippen LogP contribution is 2.43. The molecule has 0 amide bonds. The summed E-state index contributed by atoms with van der Waals surface area (Å²) in [5, 5.41) is 0.863. The Labute approximate surface area is 118 Å². The number of hydrogen-bond donors (Lipinski definition) is 0. The van der Waals surface area contributed by atoms with Crippen molar-refractivity contribution < 1.29 is 0 Å². The summed E-state index contributed by atoms with van der Waals surface area (Å²) >= 11 is 6.13. The highest BCUT2D eigenvalue weighted by atomic mass is 35.5. The summed E-state index contributed by atoms with van der Waals surface area (Å²) in [5.74, 6) is 0.563. The van der Waals surface area contributed by atoms with E-state index in [-0.39, 0.29) is 5.41 Å². The third kappa shape index (κ3) is 4.31. The lowest BCUT2D eigenvalue weighted by molar-refractivity contribution is 0.229. The number of benzene rings is 1. The van der Waals surface area contributed by atoms with E-state index in [0.717, 1.165) is 5.02 Å². The molecular formula is C17H27Cl. The van der Waals surface area contributed by atoms with Gasteiger partial charge in [0.1, 0.15) is 0 Å². The Balaban J connectivity index is 3.14. The molecule has 1 aromatic rings. The van der Waals surface area contributed by atoms with E-state index in [1.807, 2.05) is 6.07 Å². The van der Waals surface area contributed by atoms with Gasteiger partial charge in [0.2, 0.25) is 0 Å². The molecular weight excluding hydrogens is 240 g/mol. The van der Waals surface area contributed by atoms with Gasteiger partial charge in [0.15, 0.2) is 0 Å². The van der Waals surface area contributed by atoms with E-state index in [1.165, 1.54) is 17.5 Å². The van der Waals surface area contributed by atoms with Gasteiger partial charge in [0, 0.05) is 5.02 Å². The van der Waals surface area contributed by atoms with Gasteiger partial charge in [-0.3, -0.25) is 0 Å². The van der Waals surface area contributed by atoms with Crippen molar-refractivity contribution in [2.24, 2.45) is 10.8 Å². The quantitative estimate of drug-likeness (QED) is 0.597. The van der Waals surface area contributed by atoms with E-state index in [0.29, 0.717) is 11.3 Å². The first-order valence-corrected chi connectivity index (χ1v) is 7.14. The van der Waals surface area contributed by atoms with Crippen molar-refractivity contribution >= 4 is 11.6 Å². The van der Waals surface area contributed by atoms with E-state index < -0.39 is 0 Å². The number of aryl methyl sites for hydroxylation is 1. The van der Waals surface area contributed by atoms with Crippen LogP contribution in [0.4, 0.5) is 0 Å². The fourth-order valence-corrected chi connectivity index (χ4v) is 2.54. The van der Waals surface area contributed by atoms with E-state index in [4.69, 9.17) is 11.6 Å². The van der Waals surface area contributed by atoms with Crippen LogP contribution in [0.5, 0.6) is 0 Å². The molecule has 0 bridgehead atoms. The SMILES string of the molecule is Cc1cc(C(CC(C)(C)C)C(C)(C)C)ccc1Cl. The molecule has 0 radical (unpaired) electrons. The molecule has 1 rings (SSSR count). The molecule has 1 aromatic carbocycles. The van der Waals surface area contributed by atoms with Crippen LogP contribution in [0.1, 0.15) is 65.0 Å². The third-order valence-corrected chi connectivity index (χ3v) is 3.87. The van der Waals surface area contributed by atoms with Gasteiger partial charge < -0.3 is 0 Å². The first-order valence-electron chi connectivity index (χ1n) is 6.77. The van der Waals surface area contributed by atoms with Crippen LogP contribution < -0.4 is 0 Å². The number of rotatable bonds is 2. The second-order valence-electron chi connectivity index (χ2n) is 7.69. The average Bonchev–Trinajstić information content (AvgIpc) is 2.16. The van der Waals surface area contributed by atoms with E-state index in [2.05, 4.69) is 60.6 Å². The highest BCUT2D eigenvalue weighted by Gasteiger charge is 2.30. The monoisotopic (exact) mass is 266 g/mol. The maximum absolute atomic E-state index is 6.13. The summed E-state index contributed by atoms with van der Waals surface area (Å²) in [5.41, 5.74) is 3.20. The first kappa shape index (κ1) is 15.6. The summed E-state index contributed by atoms with van der Waals surface area (Å²) in [6.07, 6.45) is 1.19. The Morgan fingerprint density at radius 1 is 1.06 bits per heavy atom. The van der Waals surface area contributed by atoms with E-state index >= 15 is 0 Å². The van der Waals surface area contributed by atoms with Gasteiger partial charge in [-0.1, -0.05) is 65.3 Å². The Morgan fingerprint density at radius 2 is 1.61 bits per heavy atom. The van der Waals surface area contributed by atoms with Gasteiger partial charge in [-0.25, -0.2) is 0 Å². The van der Waals surface area contributed by atoms with Crippen LogP contribution in [0.15, 0.2) is 18.2 Å². The Kier molecular flexibility index (Phi) is 4.54. The van der Waals surface area contributed by atoms with Gasteiger partial charge in [0.25, 0.3) is 0 Å². The van der Waals surface area contributed by atoms with Crippen LogP contribution in [-0.4, -0.2) is 0 Å². The molecule has 0 heterocycles. The van der Waals surface area contributed by atoms with Gasteiger partial charge >= 0.3 is 0 Å². The lowest BCUT2D eigenvalue weighted by atomic mass is 9.69. The smallest absolute Gasteiger partial charge is 0.0435 e.